The molecule has 3 aromatic rings. The number of hydrogen-bond acceptors (Lipinski definition) is 6. The predicted octanol–water partition coefficient (Wildman–Crippen LogP) is 7.64. The van der Waals surface area contributed by atoms with Crippen molar-refractivity contribution in [3.8, 4) is 0 Å². The molecule has 200 valence electrons. The fraction of sp³-hybridized carbons (Fsp3) is 0.250. The second-order valence-corrected chi connectivity index (χ2v) is 11.9. The van der Waals surface area contributed by atoms with E-state index in [1.807, 2.05) is 18.2 Å². The molecule has 0 saturated carbocycles. The number of nitrogens with zero attached hydrogens (tertiary/aromatic N) is 2. The van der Waals surface area contributed by atoms with Gasteiger partial charge in [-0.1, -0.05) is 54.3 Å². The fourth-order valence-electron chi connectivity index (χ4n) is 5.23. The molecule has 2 aromatic carbocycles. The van der Waals surface area contributed by atoms with Crippen LogP contribution in [0.5, 0.6) is 0 Å². The van der Waals surface area contributed by atoms with Crippen molar-refractivity contribution in [1.29, 1.82) is 0 Å². The number of para-hydroxylation sites is 2. The smallest absolute Gasteiger partial charge is 0.0775 e. The van der Waals surface area contributed by atoms with Gasteiger partial charge >= 0.3 is 0 Å². The predicted molar refractivity (Wildman–Crippen MR) is 167 cm³/mol. The van der Waals surface area contributed by atoms with Gasteiger partial charge in [0.25, 0.3) is 0 Å². The number of nitrogens with one attached hydrogen (secondary N) is 1. The minimum absolute atomic E-state index is 0.789. The van der Waals surface area contributed by atoms with Crippen molar-refractivity contribution in [3.63, 3.8) is 0 Å². The number of fused-ring (bicyclic) bond motifs is 1. The monoisotopic (exact) mass is 554 g/mol. The molecule has 0 bridgehead atoms. The van der Waals surface area contributed by atoms with Crippen LogP contribution < -0.4 is 16.0 Å². The Hall–Kier alpha value is -3.26. The van der Waals surface area contributed by atoms with Gasteiger partial charge in [-0.15, -0.1) is 11.8 Å². The Kier molecular flexibility index (Phi) is 8.19. The summed E-state index contributed by atoms with van der Waals surface area (Å²) in [6.45, 7) is 3.45. The number of nitrogen functional groups attached to an aromatic ring is 1. The van der Waals surface area contributed by atoms with E-state index in [4.69, 9.17) is 10.5 Å². The normalized spacial score (nSPS) is 19.7. The number of morpholine rings is 1. The number of allylic oxidation sites excluding steroid dienone is 6. The quantitative estimate of drug-likeness (QED) is 0.231. The third-order valence-corrected chi connectivity index (χ3v) is 9.26. The second-order valence-electron chi connectivity index (χ2n) is 9.80. The van der Waals surface area contributed by atoms with Crippen LogP contribution in [0.2, 0.25) is 0 Å². The highest BCUT2D eigenvalue weighted by Crippen LogP contribution is 2.41. The zero-order chi connectivity index (χ0) is 26.4. The van der Waals surface area contributed by atoms with Crippen molar-refractivity contribution < 1.29 is 4.74 Å². The van der Waals surface area contributed by atoms with Gasteiger partial charge < -0.3 is 25.3 Å². The van der Waals surface area contributed by atoms with E-state index in [1.54, 1.807) is 23.5 Å². The van der Waals surface area contributed by atoms with Crippen LogP contribution in [0.3, 0.4) is 0 Å². The van der Waals surface area contributed by atoms with Crippen LogP contribution in [0.4, 0.5) is 17.1 Å². The third-order valence-electron chi connectivity index (χ3n) is 7.19. The van der Waals surface area contributed by atoms with Crippen LogP contribution in [0, 0.1) is 0 Å². The molecule has 2 aliphatic heterocycles. The first-order chi connectivity index (χ1) is 19.2. The van der Waals surface area contributed by atoms with E-state index < -0.39 is 0 Å². The van der Waals surface area contributed by atoms with Crippen molar-refractivity contribution in [1.82, 2.24) is 4.57 Å². The minimum atomic E-state index is 0.789. The van der Waals surface area contributed by atoms with Crippen molar-refractivity contribution >= 4 is 46.3 Å². The van der Waals surface area contributed by atoms with E-state index in [0.29, 0.717) is 0 Å². The first kappa shape index (κ1) is 26.0. The van der Waals surface area contributed by atoms with Crippen LogP contribution in [-0.2, 0) is 4.74 Å². The van der Waals surface area contributed by atoms with E-state index >= 15 is 0 Å². The number of nitrogens with two attached hydrogens (primary N) is 1. The number of rotatable bonds is 7. The number of thioether (sulfide) groups is 2. The van der Waals surface area contributed by atoms with E-state index in [-0.39, 0.29) is 0 Å². The lowest BCUT2D eigenvalue weighted by atomic mass is 9.91. The lowest BCUT2D eigenvalue weighted by Crippen LogP contribution is -2.35. The van der Waals surface area contributed by atoms with Gasteiger partial charge in [-0.3, -0.25) is 0 Å². The summed E-state index contributed by atoms with van der Waals surface area (Å²) in [4.78, 5) is 4.83. The average molecular weight is 555 g/mol. The van der Waals surface area contributed by atoms with Crippen molar-refractivity contribution in [3.05, 3.63) is 107 Å². The van der Waals surface area contributed by atoms with Gasteiger partial charge in [-0.05, 0) is 66.8 Å². The molecular formula is C32H34N4OS2. The highest BCUT2D eigenvalue weighted by molar-refractivity contribution is 8.03. The molecule has 5 nitrogen and oxygen atoms in total. The maximum absolute atomic E-state index is 6.15. The Bertz CT molecular complexity index is 1420. The number of benzene rings is 2. The van der Waals surface area contributed by atoms with Gasteiger partial charge in [0.05, 0.1) is 35.3 Å². The molecule has 39 heavy (non-hydrogen) atoms. The van der Waals surface area contributed by atoms with Crippen LogP contribution >= 0.6 is 23.5 Å². The Balaban J connectivity index is 1.28. The number of aromatic nitrogens is 1. The summed E-state index contributed by atoms with van der Waals surface area (Å²) < 4.78 is 7.91. The minimum Gasteiger partial charge on any atom is -0.398 e. The topological polar surface area (TPSA) is 55.5 Å². The van der Waals surface area contributed by atoms with E-state index in [2.05, 4.69) is 87.9 Å². The molecule has 0 spiro atoms. The van der Waals surface area contributed by atoms with Gasteiger partial charge in [0.2, 0.25) is 0 Å². The molecule has 1 saturated heterocycles. The van der Waals surface area contributed by atoms with E-state index in [9.17, 15) is 0 Å². The van der Waals surface area contributed by atoms with E-state index in [0.717, 1.165) is 61.9 Å². The lowest BCUT2D eigenvalue weighted by Gasteiger charge is -2.28. The molecular weight excluding hydrogens is 521 g/mol. The molecule has 1 aromatic heterocycles. The molecule has 3 N–H and O–H groups in total. The van der Waals surface area contributed by atoms with Crippen LogP contribution in [0.15, 0.2) is 117 Å². The first-order valence-corrected chi connectivity index (χ1v) is 15.4. The molecule has 1 aliphatic carbocycles. The van der Waals surface area contributed by atoms with Gasteiger partial charge in [-0.2, -0.15) is 0 Å². The Morgan fingerprint density at radius 3 is 2.72 bits per heavy atom. The molecule has 0 radical (unpaired) electrons. The average Bonchev–Trinajstić information content (AvgIpc) is 3.63. The highest BCUT2D eigenvalue weighted by Gasteiger charge is 2.20. The third kappa shape index (κ3) is 6.16. The van der Waals surface area contributed by atoms with Gasteiger partial charge in [0.15, 0.2) is 0 Å². The zero-order valence-electron chi connectivity index (χ0n) is 22.0. The number of anilines is 3. The van der Waals surface area contributed by atoms with Crippen LogP contribution in [0.1, 0.15) is 19.3 Å². The number of hydrogen-bond donors (Lipinski definition) is 2. The fourth-order valence-corrected chi connectivity index (χ4v) is 6.92. The summed E-state index contributed by atoms with van der Waals surface area (Å²) in [5.41, 5.74) is 13.5. The molecule has 7 heteroatoms. The van der Waals surface area contributed by atoms with Crippen LogP contribution in [-0.4, -0.2) is 36.6 Å². The summed E-state index contributed by atoms with van der Waals surface area (Å²) in [7, 11) is 0. The SMILES string of the molecule is Nc1ccccc1SC/C=C/C1=C(n2ccc(N3CCOCC3)c2)C(=C/C=C2/Nc3ccccc3S2)/CCC1. The zero-order valence-corrected chi connectivity index (χ0v) is 23.6. The first-order valence-electron chi connectivity index (χ1n) is 13.6. The molecule has 1 fully saturated rings. The maximum atomic E-state index is 6.15. The molecule has 6 rings (SSSR count). The molecule has 0 atom stereocenters. The Morgan fingerprint density at radius 2 is 1.85 bits per heavy atom. The molecule has 0 unspecified atom stereocenters. The van der Waals surface area contributed by atoms with Gasteiger partial charge in [0.1, 0.15) is 0 Å². The standard InChI is InChI=1S/C32H34N4OS2/c33-27-10-1-3-12-29(27)38-22-6-9-24-7-5-8-25(14-15-31-34-28-11-2-4-13-30(28)39-31)32(24)36-17-16-26(23-36)35-18-20-37-21-19-35/h1-4,6,9-17,23,34H,5,7-8,18-22,33H2/b9-6+,25-14+,31-15-. The molecule has 3 heterocycles. The molecule has 3 aliphatic rings. The summed E-state index contributed by atoms with van der Waals surface area (Å²) in [6, 6.07) is 18.8. The summed E-state index contributed by atoms with van der Waals surface area (Å²) in [6.07, 6.45) is 17.0. The van der Waals surface area contributed by atoms with Crippen LogP contribution in [0.25, 0.3) is 5.70 Å². The van der Waals surface area contributed by atoms with Crippen molar-refractivity contribution in [2.45, 2.75) is 29.1 Å². The Labute approximate surface area is 239 Å². The highest BCUT2D eigenvalue weighted by atomic mass is 32.2. The summed E-state index contributed by atoms with van der Waals surface area (Å²) in [5, 5.41) is 4.73. The molecule has 0 amide bonds. The summed E-state index contributed by atoms with van der Waals surface area (Å²) >= 11 is 3.58. The van der Waals surface area contributed by atoms with Crippen molar-refractivity contribution in [2.75, 3.05) is 48.0 Å². The largest absolute Gasteiger partial charge is 0.398 e. The Morgan fingerprint density at radius 1 is 1.00 bits per heavy atom. The number of ether oxygens (including phenoxy) is 1. The second kappa shape index (κ2) is 12.3. The lowest BCUT2D eigenvalue weighted by molar-refractivity contribution is 0.122. The summed E-state index contributed by atoms with van der Waals surface area (Å²) in [5.74, 6) is 0.887. The maximum Gasteiger partial charge on any atom is 0.0775 e. The van der Waals surface area contributed by atoms with Crippen molar-refractivity contribution in [2.24, 2.45) is 0 Å². The van der Waals surface area contributed by atoms with Gasteiger partial charge in [-0.25, -0.2) is 0 Å². The van der Waals surface area contributed by atoms with Gasteiger partial charge in [0, 0.05) is 46.7 Å². The van der Waals surface area contributed by atoms with E-state index in [1.165, 1.54) is 38.1 Å².